The lowest BCUT2D eigenvalue weighted by molar-refractivity contribution is -0.137. The van der Waals surface area contributed by atoms with Crippen molar-refractivity contribution < 1.29 is 28.6 Å². The number of benzene rings is 2. The summed E-state index contributed by atoms with van der Waals surface area (Å²) in [6.07, 6.45) is 2.02. The number of hydrogen-bond donors (Lipinski definition) is 2. The van der Waals surface area contributed by atoms with Gasteiger partial charge < -0.3 is 24.5 Å². The van der Waals surface area contributed by atoms with Gasteiger partial charge >= 0.3 is 12.1 Å². The molecule has 9 heteroatoms. The molecule has 0 spiro atoms. The Morgan fingerprint density at radius 3 is 2.34 bits per heavy atom. The molecule has 0 bridgehead atoms. The molecule has 5 rings (SSSR count). The number of carbonyl (C=O) groups excluding carboxylic acids is 2. The number of ether oxygens (including phenoxy) is 1. The summed E-state index contributed by atoms with van der Waals surface area (Å²) in [5, 5.41) is 11.6. The van der Waals surface area contributed by atoms with E-state index in [1.807, 2.05) is 36.4 Å². The van der Waals surface area contributed by atoms with Crippen molar-refractivity contribution in [3.63, 3.8) is 0 Å². The molecule has 3 aromatic rings. The highest BCUT2D eigenvalue weighted by atomic mass is 16.5. The molecule has 1 aromatic heterocycles. The number of alkyl carbamates (subject to hydrolysis) is 1. The van der Waals surface area contributed by atoms with Crippen molar-refractivity contribution in [3.05, 3.63) is 77.5 Å². The number of carbonyl (C=O) groups is 3. The lowest BCUT2D eigenvalue weighted by atomic mass is 9.98. The van der Waals surface area contributed by atoms with Gasteiger partial charge in [0.15, 0.2) is 17.8 Å². The minimum absolute atomic E-state index is 0.0153. The maximum Gasteiger partial charge on any atom is 0.407 e. The minimum Gasteiger partial charge on any atom is -0.481 e. The Morgan fingerprint density at radius 2 is 1.71 bits per heavy atom. The number of carboxylic acid groups (broad SMARTS) is 1. The number of carboxylic acids is 1. The van der Waals surface area contributed by atoms with Crippen LogP contribution in [0.25, 0.3) is 11.1 Å². The predicted octanol–water partition coefficient (Wildman–Crippen LogP) is 3.79. The van der Waals surface area contributed by atoms with E-state index >= 15 is 0 Å². The van der Waals surface area contributed by atoms with Crippen LogP contribution in [0.2, 0.25) is 0 Å². The van der Waals surface area contributed by atoms with Gasteiger partial charge in [0.2, 0.25) is 0 Å². The van der Waals surface area contributed by atoms with Crippen molar-refractivity contribution in [1.82, 2.24) is 15.2 Å². The van der Waals surface area contributed by atoms with Gasteiger partial charge in [0, 0.05) is 18.5 Å². The van der Waals surface area contributed by atoms with E-state index in [9.17, 15) is 14.4 Å². The van der Waals surface area contributed by atoms with Gasteiger partial charge in [-0.25, -0.2) is 9.78 Å². The molecule has 1 fully saturated rings. The largest absolute Gasteiger partial charge is 0.481 e. The Hall–Kier alpha value is -4.14. The van der Waals surface area contributed by atoms with E-state index in [0.717, 1.165) is 41.5 Å². The standard InChI is InChI=1S/C26H25N3O6/c30-23(31)11-12-29(16-9-10-16)25(32)24-22(35-15-28-24)13-27-26(33)34-14-21-19-7-3-1-5-17(19)18-6-2-4-8-20(18)21/h1-8,15-16,21H,9-14H2,(H,27,33)(H,30,31). The summed E-state index contributed by atoms with van der Waals surface area (Å²) in [5.74, 6) is -1.23. The Balaban J connectivity index is 1.20. The molecular formula is C26H25N3O6. The fraction of sp³-hybridized carbons (Fsp3) is 0.308. The van der Waals surface area contributed by atoms with Crippen LogP contribution >= 0.6 is 0 Å². The van der Waals surface area contributed by atoms with E-state index in [1.165, 1.54) is 4.90 Å². The first-order valence-electron chi connectivity index (χ1n) is 11.6. The van der Waals surface area contributed by atoms with Crippen molar-refractivity contribution in [2.45, 2.75) is 37.8 Å². The van der Waals surface area contributed by atoms with Crippen molar-refractivity contribution in [2.24, 2.45) is 0 Å². The molecule has 180 valence electrons. The molecule has 2 aromatic carbocycles. The lowest BCUT2D eigenvalue weighted by Gasteiger charge is -2.20. The number of aliphatic carboxylic acids is 1. The first-order chi connectivity index (χ1) is 17.0. The van der Waals surface area contributed by atoms with Crippen LogP contribution in [-0.2, 0) is 16.1 Å². The van der Waals surface area contributed by atoms with Gasteiger partial charge in [-0.15, -0.1) is 0 Å². The maximum atomic E-state index is 13.0. The quantitative estimate of drug-likeness (QED) is 0.483. The van der Waals surface area contributed by atoms with E-state index in [-0.39, 0.29) is 49.5 Å². The van der Waals surface area contributed by atoms with Gasteiger partial charge in [-0.05, 0) is 35.1 Å². The summed E-state index contributed by atoms with van der Waals surface area (Å²) in [4.78, 5) is 41.9. The smallest absolute Gasteiger partial charge is 0.407 e. The molecule has 2 N–H and O–H groups in total. The third-order valence-electron chi connectivity index (χ3n) is 6.40. The van der Waals surface area contributed by atoms with Gasteiger partial charge in [-0.1, -0.05) is 48.5 Å². The highest BCUT2D eigenvalue weighted by Crippen LogP contribution is 2.44. The number of aromatic nitrogens is 1. The molecule has 0 radical (unpaired) electrons. The summed E-state index contributed by atoms with van der Waals surface area (Å²) in [5.41, 5.74) is 4.59. The normalized spacial score (nSPS) is 14.2. The Kier molecular flexibility index (Phi) is 6.22. The van der Waals surface area contributed by atoms with E-state index in [4.69, 9.17) is 14.3 Å². The van der Waals surface area contributed by atoms with Gasteiger partial charge in [-0.2, -0.15) is 0 Å². The second-order valence-corrected chi connectivity index (χ2v) is 8.68. The zero-order valence-corrected chi connectivity index (χ0v) is 19.0. The molecule has 1 heterocycles. The molecule has 1 saturated carbocycles. The monoisotopic (exact) mass is 475 g/mol. The van der Waals surface area contributed by atoms with Crippen LogP contribution in [0.4, 0.5) is 4.79 Å². The Labute approximate surface area is 201 Å². The fourth-order valence-electron chi connectivity index (χ4n) is 4.56. The van der Waals surface area contributed by atoms with E-state index in [2.05, 4.69) is 22.4 Å². The van der Waals surface area contributed by atoms with Crippen molar-refractivity contribution in [2.75, 3.05) is 13.2 Å². The number of nitrogens with one attached hydrogen (secondary N) is 1. The van der Waals surface area contributed by atoms with E-state index < -0.39 is 18.0 Å². The zero-order valence-electron chi connectivity index (χ0n) is 19.0. The molecule has 0 atom stereocenters. The number of amides is 2. The zero-order chi connectivity index (χ0) is 24.4. The van der Waals surface area contributed by atoms with Crippen LogP contribution in [0.3, 0.4) is 0 Å². The molecule has 0 unspecified atom stereocenters. The van der Waals surface area contributed by atoms with E-state index in [1.54, 1.807) is 0 Å². The molecule has 0 aliphatic heterocycles. The average molecular weight is 476 g/mol. The maximum absolute atomic E-state index is 13.0. The number of nitrogens with zero attached hydrogens (tertiary/aromatic N) is 2. The van der Waals surface area contributed by atoms with Crippen LogP contribution in [0.15, 0.2) is 59.3 Å². The molecule has 2 aliphatic carbocycles. The number of hydrogen-bond acceptors (Lipinski definition) is 6. The average Bonchev–Trinajstić information content (AvgIpc) is 3.49. The lowest BCUT2D eigenvalue weighted by Crippen LogP contribution is -2.36. The predicted molar refractivity (Wildman–Crippen MR) is 125 cm³/mol. The number of fused-ring (bicyclic) bond motifs is 3. The van der Waals surface area contributed by atoms with Crippen LogP contribution in [0, 0.1) is 0 Å². The second kappa shape index (κ2) is 9.61. The number of oxazole rings is 1. The summed E-state index contributed by atoms with van der Waals surface area (Å²) < 4.78 is 10.9. The molecular weight excluding hydrogens is 450 g/mol. The summed E-state index contributed by atoms with van der Waals surface area (Å²) >= 11 is 0. The molecule has 0 saturated heterocycles. The highest BCUT2D eigenvalue weighted by molar-refractivity contribution is 5.94. The summed E-state index contributed by atoms with van der Waals surface area (Å²) in [7, 11) is 0. The second-order valence-electron chi connectivity index (χ2n) is 8.68. The van der Waals surface area contributed by atoms with Gasteiger partial charge in [0.05, 0.1) is 13.0 Å². The molecule has 2 amide bonds. The van der Waals surface area contributed by atoms with Gasteiger partial charge in [0.1, 0.15) is 6.61 Å². The van der Waals surface area contributed by atoms with Crippen LogP contribution in [0.1, 0.15) is 52.6 Å². The molecule has 35 heavy (non-hydrogen) atoms. The van der Waals surface area contributed by atoms with Gasteiger partial charge in [-0.3, -0.25) is 9.59 Å². The van der Waals surface area contributed by atoms with Crippen molar-refractivity contribution >= 4 is 18.0 Å². The Morgan fingerprint density at radius 1 is 1.06 bits per heavy atom. The molecule has 9 nitrogen and oxygen atoms in total. The fourth-order valence-corrected chi connectivity index (χ4v) is 4.56. The third-order valence-corrected chi connectivity index (χ3v) is 6.40. The highest BCUT2D eigenvalue weighted by Gasteiger charge is 2.35. The molecule has 2 aliphatic rings. The van der Waals surface area contributed by atoms with Crippen LogP contribution in [-0.4, -0.2) is 52.2 Å². The van der Waals surface area contributed by atoms with Crippen LogP contribution in [0.5, 0.6) is 0 Å². The summed E-state index contributed by atoms with van der Waals surface area (Å²) in [6.45, 7) is 0.201. The number of rotatable bonds is 9. The van der Waals surface area contributed by atoms with Crippen molar-refractivity contribution in [3.8, 4) is 11.1 Å². The van der Waals surface area contributed by atoms with Gasteiger partial charge in [0.25, 0.3) is 5.91 Å². The van der Waals surface area contributed by atoms with Crippen molar-refractivity contribution in [1.29, 1.82) is 0 Å². The first-order valence-corrected chi connectivity index (χ1v) is 11.6. The van der Waals surface area contributed by atoms with Crippen LogP contribution < -0.4 is 5.32 Å². The SMILES string of the molecule is O=C(O)CCN(C(=O)c1ncoc1CNC(=O)OCC1c2ccccc2-c2ccccc21)C1CC1. The topological polar surface area (TPSA) is 122 Å². The third kappa shape index (κ3) is 4.75. The van der Waals surface area contributed by atoms with E-state index in [0.29, 0.717) is 0 Å². The first kappa shape index (κ1) is 22.6. The minimum atomic E-state index is -0.972. The summed E-state index contributed by atoms with van der Waals surface area (Å²) in [6, 6.07) is 16.2. The Bertz CT molecular complexity index is 1220.